The van der Waals surface area contributed by atoms with E-state index in [2.05, 4.69) is 16.9 Å². The number of hydrogen-bond acceptors (Lipinski definition) is 5. The van der Waals surface area contributed by atoms with Crippen molar-refractivity contribution in [3.05, 3.63) is 17.5 Å². The fourth-order valence-corrected chi connectivity index (χ4v) is 1.93. The summed E-state index contributed by atoms with van der Waals surface area (Å²) in [5.41, 5.74) is 1.42. The van der Waals surface area contributed by atoms with Gasteiger partial charge in [-0.05, 0) is 20.4 Å². The molecule has 0 unspecified atom stereocenters. The van der Waals surface area contributed by atoms with E-state index in [1.807, 2.05) is 14.0 Å². The number of aromatic nitrogens is 2. The molecule has 20 heavy (non-hydrogen) atoms. The Morgan fingerprint density at radius 1 is 1.35 bits per heavy atom. The summed E-state index contributed by atoms with van der Waals surface area (Å²) in [6.45, 7) is 10.0. The van der Waals surface area contributed by atoms with Crippen molar-refractivity contribution in [1.82, 2.24) is 14.7 Å². The highest BCUT2D eigenvalue weighted by molar-refractivity contribution is 5.90. The maximum absolute atomic E-state index is 11.9. The second-order valence-electron chi connectivity index (χ2n) is 4.41. The van der Waals surface area contributed by atoms with Crippen molar-refractivity contribution in [2.24, 2.45) is 7.05 Å². The average molecular weight is 283 g/mol. The lowest BCUT2D eigenvalue weighted by atomic mass is 10.2. The van der Waals surface area contributed by atoms with Crippen molar-refractivity contribution in [1.29, 1.82) is 0 Å². The van der Waals surface area contributed by atoms with Gasteiger partial charge in [0.25, 0.3) is 0 Å². The van der Waals surface area contributed by atoms with Crippen LogP contribution in [0.1, 0.15) is 36.8 Å². The van der Waals surface area contributed by atoms with Gasteiger partial charge < -0.3 is 9.47 Å². The summed E-state index contributed by atoms with van der Waals surface area (Å²) in [7, 11) is 1.84. The van der Waals surface area contributed by atoms with Gasteiger partial charge in [0.2, 0.25) is 0 Å². The third-order valence-corrected chi connectivity index (χ3v) is 3.13. The molecular formula is C14H25N3O3. The molecular weight excluding hydrogens is 258 g/mol. The number of carbonyl (C=O) groups excluding carboxylic acids is 1. The van der Waals surface area contributed by atoms with E-state index in [-0.39, 0.29) is 5.97 Å². The first-order valence-electron chi connectivity index (χ1n) is 7.12. The van der Waals surface area contributed by atoms with E-state index in [9.17, 15) is 4.79 Å². The molecule has 1 rings (SSSR count). The molecule has 6 heteroatoms. The van der Waals surface area contributed by atoms with Gasteiger partial charge in [-0.2, -0.15) is 5.10 Å². The van der Waals surface area contributed by atoms with E-state index in [4.69, 9.17) is 9.47 Å². The zero-order chi connectivity index (χ0) is 15.0. The molecule has 1 aromatic rings. The van der Waals surface area contributed by atoms with Crippen LogP contribution >= 0.6 is 0 Å². The molecule has 0 spiro atoms. The van der Waals surface area contributed by atoms with Gasteiger partial charge in [-0.25, -0.2) is 4.79 Å². The molecule has 0 aliphatic heterocycles. The molecule has 0 amide bonds. The minimum absolute atomic E-state index is 0.309. The predicted octanol–water partition coefficient (Wildman–Crippen LogP) is 1.46. The van der Waals surface area contributed by atoms with Gasteiger partial charge in [-0.3, -0.25) is 9.58 Å². The van der Waals surface area contributed by atoms with Crippen LogP contribution in [0, 0.1) is 0 Å². The Labute approximate surface area is 120 Å². The first kappa shape index (κ1) is 16.7. The Hall–Kier alpha value is -1.40. The zero-order valence-corrected chi connectivity index (χ0v) is 12.9. The van der Waals surface area contributed by atoms with Gasteiger partial charge in [-0.15, -0.1) is 0 Å². The molecule has 0 atom stereocenters. The molecule has 1 aromatic heterocycles. The number of hydrogen-bond donors (Lipinski definition) is 0. The second kappa shape index (κ2) is 8.71. The lowest BCUT2D eigenvalue weighted by Crippen LogP contribution is -2.29. The highest BCUT2D eigenvalue weighted by Gasteiger charge is 2.18. The van der Waals surface area contributed by atoms with Crippen molar-refractivity contribution >= 4 is 5.97 Å². The van der Waals surface area contributed by atoms with Crippen LogP contribution in [0.2, 0.25) is 0 Å². The Morgan fingerprint density at radius 3 is 2.70 bits per heavy atom. The van der Waals surface area contributed by atoms with Crippen LogP contribution in [-0.2, 0) is 23.1 Å². The molecule has 1 heterocycles. The minimum Gasteiger partial charge on any atom is -0.462 e. The van der Waals surface area contributed by atoms with Gasteiger partial charge in [0.05, 0.1) is 25.1 Å². The molecule has 0 aromatic carbocycles. The van der Waals surface area contributed by atoms with E-state index in [1.165, 1.54) is 0 Å². The quantitative estimate of drug-likeness (QED) is 0.507. The van der Waals surface area contributed by atoms with Gasteiger partial charge in [0, 0.05) is 26.7 Å². The summed E-state index contributed by atoms with van der Waals surface area (Å²) in [6, 6.07) is 0. The number of carbonyl (C=O) groups is 1. The lowest BCUT2D eigenvalue weighted by Gasteiger charge is -2.20. The number of rotatable bonds is 9. The minimum atomic E-state index is -0.309. The standard InChI is InChI=1S/C14H25N3O3/c1-5-17(8-9-19-6-2)11-13-12(10-15-16(13)4)14(18)20-7-3/h10H,5-9,11H2,1-4H3. The van der Waals surface area contributed by atoms with E-state index in [0.29, 0.717) is 25.3 Å². The molecule has 0 fully saturated rings. The first-order chi connectivity index (χ1) is 9.63. The van der Waals surface area contributed by atoms with Gasteiger partial charge in [0.1, 0.15) is 5.56 Å². The van der Waals surface area contributed by atoms with Crippen LogP contribution in [0.5, 0.6) is 0 Å². The fourth-order valence-electron chi connectivity index (χ4n) is 1.93. The lowest BCUT2D eigenvalue weighted by molar-refractivity contribution is 0.0523. The summed E-state index contributed by atoms with van der Waals surface area (Å²) in [5, 5.41) is 4.16. The van der Waals surface area contributed by atoms with E-state index >= 15 is 0 Å². The summed E-state index contributed by atoms with van der Waals surface area (Å²) in [5.74, 6) is -0.309. The van der Waals surface area contributed by atoms with E-state index < -0.39 is 0 Å². The van der Waals surface area contributed by atoms with Crippen LogP contribution in [0.4, 0.5) is 0 Å². The number of ether oxygens (including phenoxy) is 2. The highest BCUT2D eigenvalue weighted by atomic mass is 16.5. The Bertz CT molecular complexity index is 418. The fraction of sp³-hybridized carbons (Fsp3) is 0.714. The monoisotopic (exact) mass is 283 g/mol. The van der Waals surface area contributed by atoms with Crippen LogP contribution in [-0.4, -0.2) is 53.6 Å². The molecule has 0 saturated carbocycles. The highest BCUT2D eigenvalue weighted by Crippen LogP contribution is 2.12. The zero-order valence-electron chi connectivity index (χ0n) is 12.9. The molecule has 0 saturated heterocycles. The Kier molecular flexibility index (Phi) is 7.25. The third kappa shape index (κ3) is 4.61. The molecule has 6 nitrogen and oxygen atoms in total. The maximum Gasteiger partial charge on any atom is 0.341 e. The van der Waals surface area contributed by atoms with Crippen LogP contribution < -0.4 is 0 Å². The predicted molar refractivity (Wildman–Crippen MR) is 76.6 cm³/mol. The molecule has 0 aliphatic rings. The van der Waals surface area contributed by atoms with Crippen LogP contribution in [0.25, 0.3) is 0 Å². The summed E-state index contributed by atoms with van der Waals surface area (Å²) in [4.78, 5) is 14.1. The van der Waals surface area contributed by atoms with E-state index in [0.717, 1.165) is 25.4 Å². The normalized spacial score (nSPS) is 11.1. The van der Waals surface area contributed by atoms with Gasteiger partial charge in [0.15, 0.2) is 0 Å². The van der Waals surface area contributed by atoms with Crippen molar-refractivity contribution in [3.63, 3.8) is 0 Å². The smallest absolute Gasteiger partial charge is 0.341 e. The Balaban J connectivity index is 2.73. The SMILES string of the molecule is CCOCCN(CC)Cc1c(C(=O)OCC)cnn1C. The molecule has 0 N–H and O–H groups in total. The van der Waals surface area contributed by atoms with Crippen LogP contribution in [0.15, 0.2) is 6.20 Å². The van der Waals surface area contributed by atoms with Crippen molar-refractivity contribution in [2.75, 3.05) is 32.9 Å². The number of likely N-dealkylation sites (N-methyl/N-ethyl adjacent to an activating group) is 1. The average Bonchev–Trinajstić information content (AvgIpc) is 2.79. The summed E-state index contributed by atoms with van der Waals surface area (Å²) >= 11 is 0. The second-order valence-corrected chi connectivity index (χ2v) is 4.41. The third-order valence-electron chi connectivity index (χ3n) is 3.13. The molecule has 0 radical (unpaired) electrons. The molecule has 0 bridgehead atoms. The van der Waals surface area contributed by atoms with Crippen molar-refractivity contribution in [3.8, 4) is 0 Å². The van der Waals surface area contributed by atoms with E-state index in [1.54, 1.807) is 17.8 Å². The number of esters is 1. The van der Waals surface area contributed by atoms with Gasteiger partial charge in [-0.1, -0.05) is 6.92 Å². The number of aryl methyl sites for hydroxylation is 1. The van der Waals surface area contributed by atoms with Crippen LogP contribution in [0.3, 0.4) is 0 Å². The summed E-state index contributed by atoms with van der Waals surface area (Å²) in [6.07, 6.45) is 1.57. The molecule has 114 valence electrons. The largest absolute Gasteiger partial charge is 0.462 e. The van der Waals surface area contributed by atoms with Crippen molar-refractivity contribution in [2.45, 2.75) is 27.3 Å². The Morgan fingerprint density at radius 2 is 2.10 bits per heavy atom. The summed E-state index contributed by atoms with van der Waals surface area (Å²) < 4.78 is 12.2. The van der Waals surface area contributed by atoms with Crippen molar-refractivity contribution < 1.29 is 14.3 Å². The maximum atomic E-state index is 11.9. The van der Waals surface area contributed by atoms with Gasteiger partial charge >= 0.3 is 5.97 Å². The number of nitrogens with zero attached hydrogens (tertiary/aromatic N) is 3. The topological polar surface area (TPSA) is 56.6 Å². The molecule has 0 aliphatic carbocycles. The first-order valence-corrected chi connectivity index (χ1v) is 7.12.